The second-order valence-corrected chi connectivity index (χ2v) is 14.2. The first-order valence-electron chi connectivity index (χ1n) is 26.9. The summed E-state index contributed by atoms with van der Waals surface area (Å²) >= 11 is 0. The average molecular weight is 781 g/mol. The zero-order valence-corrected chi connectivity index (χ0v) is 30.9. The molecule has 0 saturated carbocycles. The highest BCUT2D eigenvalue weighted by Crippen LogP contribution is 2.48. The summed E-state index contributed by atoms with van der Waals surface area (Å²) in [4.78, 5) is 9.74. The van der Waals surface area contributed by atoms with E-state index in [4.69, 9.17) is 16.0 Å². The van der Waals surface area contributed by atoms with Crippen LogP contribution in [0, 0.1) is 6.57 Å². The Balaban J connectivity index is 1.44. The van der Waals surface area contributed by atoms with E-state index >= 15 is 0 Å². The molecule has 5 heterocycles. The number of para-hydroxylation sites is 8. The summed E-state index contributed by atoms with van der Waals surface area (Å²) in [5.74, 6) is -0.497. The predicted octanol–water partition coefficient (Wildman–Crippen LogP) is 14.0. The fourth-order valence-electron chi connectivity index (χ4n) is 8.94. The van der Waals surface area contributed by atoms with Gasteiger partial charge in [-0.05, 0) is 48.4 Å². The minimum Gasteiger partial charge on any atom is -0.317 e. The van der Waals surface area contributed by atoms with E-state index < -0.39 is 90.6 Å². The number of rotatable bonds is 4. The van der Waals surface area contributed by atoms with Gasteiger partial charge in [0.15, 0.2) is 5.82 Å². The molecule has 0 aliphatic rings. The van der Waals surface area contributed by atoms with Crippen LogP contribution >= 0.6 is 0 Å². The SMILES string of the molecule is [2H]c1c([2H])c([2H])c2c(c1[2H])c1ccccc1n2-c1nc(-n2c3ccccc3c3c([2H])c([2H])c([2H])c([2H])c32)c(-n2c3ccccc3c3c([2H])c([2H])c([2H])c([2H])c32)c(-n2c3ccccc3c3c([2H])c([2H])c([2H])c([2H])c32)c1[N+]#[C-]. The second kappa shape index (κ2) is 12.3. The van der Waals surface area contributed by atoms with E-state index in [1.165, 1.54) is 18.3 Å². The third-order valence-corrected chi connectivity index (χ3v) is 11.3. The average Bonchev–Trinajstić information content (AvgIpc) is 4.38. The third kappa shape index (κ3) is 4.27. The van der Waals surface area contributed by atoms with Gasteiger partial charge < -0.3 is 13.7 Å². The molecule has 60 heavy (non-hydrogen) atoms. The van der Waals surface area contributed by atoms with Gasteiger partial charge in [0.05, 0.1) is 78.3 Å². The van der Waals surface area contributed by atoms with Gasteiger partial charge in [-0.2, -0.15) is 0 Å². The molecule has 0 bridgehead atoms. The van der Waals surface area contributed by atoms with Gasteiger partial charge in [0.2, 0.25) is 0 Å². The van der Waals surface area contributed by atoms with Crippen molar-refractivity contribution < 1.29 is 21.9 Å². The number of hydrogen-bond acceptors (Lipinski definition) is 1. The smallest absolute Gasteiger partial charge is 0.254 e. The van der Waals surface area contributed by atoms with Crippen LogP contribution in [0.5, 0.6) is 0 Å². The first-order chi connectivity index (χ1) is 36.4. The molecule has 0 spiro atoms. The van der Waals surface area contributed by atoms with Crippen molar-refractivity contribution in [3.8, 4) is 23.0 Å². The van der Waals surface area contributed by atoms with Crippen LogP contribution in [0.4, 0.5) is 5.69 Å². The molecule has 0 aliphatic carbocycles. The minimum absolute atomic E-state index is 0.0597. The van der Waals surface area contributed by atoms with E-state index in [9.17, 15) is 17.5 Å². The molecule has 0 unspecified atom stereocenters. The normalized spacial score (nSPS) is 15.7. The molecular formula is C54H32N6. The van der Waals surface area contributed by atoms with Crippen molar-refractivity contribution >= 4 is 92.9 Å². The van der Waals surface area contributed by atoms with Gasteiger partial charge in [-0.25, -0.2) is 9.83 Å². The summed E-state index contributed by atoms with van der Waals surface area (Å²) in [5.41, 5.74) is -0.0420. The molecule has 0 atom stereocenters. The number of hydrogen-bond donors (Lipinski definition) is 0. The van der Waals surface area contributed by atoms with Crippen LogP contribution in [-0.2, 0) is 0 Å². The quantitative estimate of drug-likeness (QED) is 0.164. The number of benzene rings is 8. The Morgan fingerprint density at radius 3 is 1.07 bits per heavy atom. The first kappa shape index (κ1) is 20.9. The first-order valence-corrected chi connectivity index (χ1v) is 18.9. The minimum atomic E-state index is -0.621. The van der Waals surface area contributed by atoms with Gasteiger partial charge in [-0.1, -0.05) is 145 Å². The number of nitrogens with zero attached hydrogens (tertiary/aromatic N) is 6. The number of aromatic nitrogens is 5. The predicted molar refractivity (Wildman–Crippen MR) is 248 cm³/mol. The summed E-state index contributed by atoms with van der Waals surface area (Å²) in [6.45, 7) is 9.43. The monoisotopic (exact) mass is 780 g/mol. The van der Waals surface area contributed by atoms with Crippen molar-refractivity contribution in [2.45, 2.75) is 0 Å². The van der Waals surface area contributed by atoms with Gasteiger partial charge in [0, 0.05) is 43.1 Å². The van der Waals surface area contributed by atoms with E-state index in [1.54, 1.807) is 97.1 Å². The molecule has 278 valence electrons. The maximum atomic E-state index is 9.72. The van der Waals surface area contributed by atoms with Crippen LogP contribution in [-0.4, -0.2) is 23.3 Å². The van der Waals surface area contributed by atoms with E-state index in [0.717, 1.165) is 0 Å². The van der Waals surface area contributed by atoms with Crippen molar-refractivity contribution in [3.63, 3.8) is 0 Å². The van der Waals surface area contributed by atoms with E-state index in [2.05, 4.69) is 4.85 Å². The van der Waals surface area contributed by atoms with Crippen molar-refractivity contribution in [3.05, 3.63) is 205 Å². The second-order valence-electron chi connectivity index (χ2n) is 14.2. The highest BCUT2D eigenvalue weighted by atomic mass is 15.2. The van der Waals surface area contributed by atoms with Crippen molar-refractivity contribution in [1.82, 2.24) is 23.3 Å². The van der Waals surface area contributed by atoms with Gasteiger partial charge in [-0.3, -0.25) is 4.57 Å². The van der Waals surface area contributed by atoms with E-state index in [0.29, 0.717) is 21.5 Å². The topological polar surface area (TPSA) is 37.0 Å². The molecular weight excluding hydrogens is 733 g/mol. The third-order valence-electron chi connectivity index (χ3n) is 11.3. The fourth-order valence-corrected chi connectivity index (χ4v) is 8.94. The lowest BCUT2D eigenvalue weighted by Crippen LogP contribution is -2.14. The van der Waals surface area contributed by atoms with Gasteiger partial charge >= 0.3 is 0 Å². The van der Waals surface area contributed by atoms with Crippen LogP contribution in [0.15, 0.2) is 194 Å². The van der Waals surface area contributed by atoms with Crippen LogP contribution in [0.2, 0.25) is 0 Å². The molecule has 0 aliphatic heterocycles. The van der Waals surface area contributed by atoms with E-state index in [1.807, 2.05) is 0 Å². The standard InChI is InChI=1S/C54H32N6/c1-55-50-51(57-42-26-10-2-18-34(42)35-19-3-11-27-43(35)57)52(58-44-28-12-4-20-36(44)37-21-5-13-29-45(37)58)54(60-48-32-16-8-24-40(48)41-25-9-17-33-49(41)60)56-53(50)59-46-30-14-6-22-38(46)39-23-7-15-31-47(39)59/h2-33H/i2D,4D,6D,8D,10D,12D,14D,16D,18D,20D,22D,24D,26D,28D,30D,32D. The molecule has 0 saturated heterocycles. The Morgan fingerprint density at radius 1 is 0.350 bits per heavy atom. The van der Waals surface area contributed by atoms with Crippen LogP contribution in [0.25, 0.3) is 115 Å². The molecule has 5 aromatic heterocycles. The maximum absolute atomic E-state index is 9.72. The molecule has 6 nitrogen and oxygen atoms in total. The lowest BCUT2D eigenvalue weighted by molar-refractivity contribution is 0.968. The number of pyridine rings is 1. The highest BCUT2D eigenvalue weighted by Gasteiger charge is 2.31. The molecule has 0 N–H and O–H groups in total. The largest absolute Gasteiger partial charge is 0.317 e. The fraction of sp³-hybridized carbons (Fsp3) is 0. The Morgan fingerprint density at radius 2 is 0.667 bits per heavy atom. The maximum Gasteiger partial charge on any atom is 0.254 e. The van der Waals surface area contributed by atoms with Crippen LogP contribution < -0.4 is 0 Å². The van der Waals surface area contributed by atoms with Crippen molar-refractivity contribution in [2.24, 2.45) is 0 Å². The Hall–Kier alpha value is -8.40. The summed E-state index contributed by atoms with van der Waals surface area (Å²) in [5, 5.41) is 1.65. The molecule has 0 fully saturated rings. The Bertz CT molecular complexity index is 4930. The van der Waals surface area contributed by atoms with Gasteiger partial charge in [-0.15, -0.1) is 0 Å². The van der Waals surface area contributed by atoms with Gasteiger partial charge in [0.25, 0.3) is 5.69 Å². The number of fused-ring (bicyclic) bond motifs is 12. The highest BCUT2D eigenvalue weighted by molar-refractivity contribution is 6.15. The Kier molecular flexibility index (Phi) is 4.27. The van der Waals surface area contributed by atoms with E-state index in [-0.39, 0.29) is 100 Å². The zero-order valence-electron chi connectivity index (χ0n) is 46.9. The molecule has 13 aromatic rings. The van der Waals surface area contributed by atoms with Crippen LogP contribution in [0.1, 0.15) is 21.9 Å². The zero-order chi connectivity index (χ0) is 53.4. The van der Waals surface area contributed by atoms with Gasteiger partial charge in [0.1, 0.15) is 11.5 Å². The molecule has 0 radical (unpaired) electrons. The summed E-state index contributed by atoms with van der Waals surface area (Å²) in [6.07, 6.45) is 0. The molecule has 8 aromatic carbocycles. The molecule has 0 amide bonds. The van der Waals surface area contributed by atoms with Crippen LogP contribution in [0.3, 0.4) is 0 Å². The summed E-state index contributed by atoms with van der Waals surface area (Å²) < 4.78 is 154. The summed E-state index contributed by atoms with van der Waals surface area (Å²) in [7, 11) is 0. The van der Waals surface area contributed by atoms with Crippen molar-refractivity contribution in [1.29, 1.82) is 0 Å². The van der Waals surface area contributed by atoms with Crippen molar-refractivity contribution in [2.75, 3.05) is 0 Å². The summed E-state index contributed by atoms with van der Waals surface area (Å²) in [6, 6.07) is 18.6. The molecule has 6 heteroatoms. The molecule has 13 rings (SSSR count). The lowest BCUT2D eigenvalue weighted by atomic mass is 10.2. The Labute approximate surface area is 365 Å². The lowest BCUT2D eigenvalue weighted by Gasteiger charge is -2.25.